The number of benzene rings is 2. The second kappa shape index (κ2) is 8.20. The highest BCUT2D eigenvalue weighted by molar-refractivity contribution is 9.10. The molecule has 0 bridgehead atoms. The van der Waals surface area contributed by atoms with E-state index in [1.54, 1.807) is 19.1 Å². The Balaban J connectivity index is 2.08. The molecular formula is C18H22BrN3O3S. The van der Waals surface area contributed by atoms with Crippen LogP contribution in [0.25, 0.3) is 0 Å². The van der Waals surface area contributed by atoms with Crippen LogP contribution in [0.3, 0.4) is 0 Å². The Hall–Kier alpha value is -1.90. The maximum atomic E-state index is 12.4. The van der Waals surface area contributed by atoms with Gasteiger partial charge in [-0.05, 0) is 55.3 Å². The molecule has 0 fully saturated rings. The zero-order chi connectivity index (χ0) is 19.5. The molecule has 0 radical (unpaired) electrons. The summed E-state index contributed by atoms with van der Waals surface area (Å²) in [5, 5.41) is 5.77. The van der Waals surface area contributed by atoms with Crippen molar-refractivity contribution < 1.29 is 13.2 Å². The lowest BCUT2D eigenvalue weighted by molar-refractivity contribution is -0.114. The second-order valence-electron chi connectivity index (χ2n) is 6.13. The Morgan fingerprint density at radius 2 is 1.69 bits per heavy atom. The minimum absolute atomic E-state index is 0.0741. The molecule has 0 aliphatic heterocycles. The van der Waals surface area contributed by atoms with Gasteiger partial charge in [0, 0.05) is 29.9 Å². The summed E-state index contributed by atoms with van der Waals surface area (Å²) in [5.41, 5.74) is 2.96. The van der Waals surface area contributed by atoms with Crippen LogP contribution >= 0.6 is 15.9 Å². The molecule has 0 aliphatic rings. The maximum Gasteiger partial charge on any atom is 0.243 e. The van der Waals surface area contributed by atoms with Crippen molar-refractivity contribution in [3.05, 3.63) is 52.0 Å². The van der Waals surface area contributed by atoms with E-state index >= 15 is 0 Å². The summed E-state index contributed by atoms with van der Waals surface area (Å²) >= 11 is 3.43. The van der Waals surface area contributed by atoms with Gasteiger partial charge in [-0.2, -0.15) is 0 Å². The molecule has 0 unspecified atom stereocenters. The predicted octanol–water partition coefficient (Wildman–Crippen LogP) is 3.37. The Morgan fingerprint density at radius 1 is 1.04 bits per heavy atom. The van der Waals surface area contributed by atoms with E-state index in [-0.39, 0.29) is 17.3 Å². The van der Waals surface area contributed by atoms with Crippen molar-refractivity contribution in [2.75, 3.05) is 31.3 Å². The summed E-state index contributed by atoms with van der Waals surface area (Å²) in [5.74, 6) is -0.261. The van der Waals surface area contributed by atoms with Crippen molar-refractivity contribution in [3.63, 3.8) is 0 Å². The largest absolute Gasteiger partial charge is 0.376 e. The maximum absolute atomic E-state index is 12.4. The number of aryl methyl sites for hydroxylation is 2. The van der Waals surface area contributed by atoms with Gasteiger partial charge in [0.15, 0.2) is 0 Å². The molecule has 0 heterocycles. The summed E-state index contributed by atoms with van der Waals surface area (Å²) in [6.07, 6.45) is 0. The number of hydrogen-bond acceptors (Lipinski definition) is 4. The molecule has 0 saturated heterocycles. The van der Waals surface area contributed by atoms with Gasteiger partial charge in [0.2, 0.25) is 15.9 Å². The molecule has 2 aromatic rings. The average Bonchev–Trinajstić information content (AvgIpc) is 2.57. The molecule has 140 valence electrons. The van der Waals surface area contributed by atoms with Gasteiger partial charge in [-0.3, -0.25) is 4.79 Å². The highest BCUT2D eigenvalue weighted by atomic mass is 79.9. The zero-order valence-corrected chi connectivity index (χ0v) is 17.5. The summed E-state index contributed by atoms with van der Waals surface area (Å²) < 4.78 is 26.9. The van der Waals surface area contributed by atoms with E-state index in [4.69, 9.17) is 0 Å². The van der Waals surface area contributed by atoms with Crippen molar-refractivity contribution in [1.82, 2.24) is 4.31 Å². The molecule has 2 rings (SSSR count). The first-order valence-corrected chi connectivity index (χ1v) is 10.2. The Kier molecular flexibility index (Phi) is 6.44. The van der Waals surface area contributed by atoms with Crippen LogP contribution in [0.15, 0.2) is 45.8 Å². The third-order valence-electron chi connectivity index (χ3n) is 3.84. The monoisotopic (exact) mass is 439 g/mol. The molecule has 0 aliphatic carbocycles. The number of halogens is 1. The van der Waals surface area contributed by atoms with E-state index in [1.165, 1.54) is 20.2 Å². The number of carbonyl (C=O) groups is 1. The van der Waals surface area contributed by atoms with Crippen LogP contribution in [0.1, 0.15) is 11.1 Å². The minimum atomic E-state index is -3.57. The van der Waals surface area contributed by atoms with Gasteiger partial charge >= 0.3 is 0 Å². The lowest BCUT2D eigenvalue weighted by Crippen LogP contribution is -2.24. The first-order valence-electron chi connectivity index (χ1n) is 7.94. The van der Waals surface area contributed by atoms with Gasteiger partial charge in [0.1, 0.15) is 0 Å². The fraction of sp³-hybridized carbons (Fsp3) is 0.278. The van der Waals surface area contributed by atoms with Crippen molar-refractivity contribution >= 4 is 43.2 Å². The van der Waals surface area contributed by atoms with Crippen LogP contribution in [-0.4, -0.2) is 39.3 Å². The number of nitrogens with zero attached hydrogens (tertiary/aromatic N) is 1. The topological polar surface area (TPSA) is 78.5 Å². The van der Waals surface area contributed by atoms with Gasteiger partial charge in [-0.1, -0.05) is 22.0 Å². The van der Waals surface area contributed by atoms with Gasteiger partial charge in [0.25, 0.3) is 0 Å². The van der Waals surface area contributed by atoms with Crippen LogP contribution in [0.4, 0.5) is 11.4 Å². The summed E-state index contributed by atoms with van der Waals surface area (Å²) in [7, 11) is -0.615. The fourth-order valence-corrected chi connectivity index (χ4v) is 3.69. The summed E-state index contributed by atoms with van der Waals surface area (Å²) in [6.45, 7) is 3.76. The number of anilines is 2. The van der Waals surface area contributed by atoms with E-state index in [2.05, 4.69) is 26.6 Å². The van der Waals surface area contributed by atoms with Gasteiger partial charge in [0.05, 0.1) is 11.4 Å². The van der Waals surface area contributed by atoms with Crippen LogP contribution in [0, 0.1) is 13.8 Å². The third-order valence-corrected chi connectivity index (χ3v) is 6.69. The van der Waals surface area contributed by atoms with Crippen LogP contribution < -0.4 is 10.6 Å². The third kappa shape index (κ3) is 4.84. The minimum Gasteiger partial charge on any atom is -0.376 e. The van der Waals surface area contributed by atoms with E-state index < -0.39 is 10.0 Å². The van der Waals surface area contributed by atoms with Crippen molar-refractivity contribution in [2.45, 2.75) is 18.7 Å². The smallest absolute Gasteiger partial charge is 0.243 e. The predicted molar refractivity (Wildman–Crippen MR) is 108 cm³/mol. The quantitative estimate of drug-likeness (QED) is 0.722. The van der Waals surface area contributed by atoms with Crippen molar-refractivity contribution in [3.8, 4) is 0 Å². The second-order valence-corrected chi connectivity index (χ2v) is 9.11. The zero-order valence-electron chi connectivity index (χ0n) is 15.1. The molecule has 0 atom stereocenters. The highest BCUT2D eigenvalue weighted by Crippen LogP contribution is 2.23. The number of nitrogens with one attached hydrogen (secondary N) is 2. The Bertz CT molecular complexity index is 927. The number of rotatable bonds is 6. The Labute approximate surface area is 162 Å². The number of hydrogen-bond donors (Lipinski definition) is 2. The lowest BCUT2D eigenvalue weighted by Gasteiger charge is -2.15. The molecule has 2 aromatic carbocycles. The summed E-state index contributed by atoms with van der Waals surface area (Å²) in [4.78, 5) is 12.4. The molecule has 2 N–H and O–H groups in total. The van der Waals surface area contributed by atoms with E-state index in [0.717, 1.165) is 20.0 Å². The van der Waals surface area contributed by atoms with E-state index in [1.807, 2.05) is 25.1 Å². The molecule has 0 aromatic heterocycles. The molecule has 0 saturated carbocycles. The lowest BCUT2D eigenvalue weighted by atomic mass is 10.2. The molecular weight excluding hydrogens is 418 g/mol. The van der Waals surface area contributed by atoms with E-state index in [0.29, 0.717) is 11.3 Å². The molecule has 26 heavy (non-hydrogen) atoms. The first kappa shape index (κ1) is 20.4. The normalized spacial score (nSPS) is 11.5. The van der Waals surface area contributed by atoms with Crippen LogP contribution in [0.5, 0.6) is 0 Å². The van der Waals surface area contributed by atoms with Gasteiger partial charge in [-0.15, -0.1) is 0 Å². The Morgan fingerprint density at radius 3 is 2.31 bits per heavy atom. The fourth-order valence-electron chi connectivity index (χ4n) is 2.29. The van der Waals surface area contributed by atoms with Crippen LogP contribution in [0.2, 0.25) is 0 Å². The van der Waals surface area contributed by atoms with Crippen molar-refractivity contribution in [1.29, 1.82) is 0 Å². The molecule has 8 heteroatoms. The van der Waals surface area contributed by atoms with Gasteiger partial charge in [-0.25, -0.2) is 12.7 Å². The first-order chi connectivity index (χ1) is 12.1. The molecule has 6 nitrogen and oxygen atoms in total. The standard InChI is InChI=1S/C18H22BrN3O3S/c1-12-5-6-15(10-17(12)26(24,25)22(3)4)21-18(23)11-20-14-7-8-16(19)13(2)9-14/h5-10,20H,11H2,1-4H3,(H,21,23). The SMILES string of the molecule is Cc1cc(NCC(=O)Nc2ccc(C)c(S(=O)(=O)N(C)C)c2)ccc1Br. The van der Waals surface area contributed by atoms with Gasteiger partial charge < -0.3 is 10.6 Å². The molecule has 1 amide bonds. The summed E-state index contributed by atoms with van der Waals surface area (Å²) in [6, 6.07) is 10.6. The highest BCUT2D eigenvalue weighted by Gasteiger charge is 2.20. The average molecular weight is 440 g/mol. The molecule has 0 spiro atoms. The number of sulfonamides is 1. The number of amides is 1. The van der Waals surface area contributed by atoms with E-state index in [9.17, 15) is 13.2 Å². The number of carbonyl (C=O) groups excluding carboxylic acids is 1. The van der Waals surface area contributed by atoms with Crippen molar-refractivity contribution in [2.24, 2.45) is 0 Å². The van der Waals surface area contributed by atoms with Crippen LogP contribution in [-0.2, 0) is 14.8 Å².